The van der Waals surface area contributed by atoms with E-state index in [-0.39, 0.29) is 29.6 Å². The first-order valence-electron chi connectivity index (χ1n) is 3.31. The molecule has 0 aliphatic rings. The van der Waals surface area contributed by atoms with E-state index in [0.29, 0.717) is 0 Å². The van der Waals surface area contributed by atoms with Gasteiger partial charge in [0.15, 0.2) is 0 Å². The SMILES string of the molecule is CCCCCS[S-].O=C(O)O.[Na+]. The van der Waals surface area contributed by atoms with E-state index in [0.717, 1.165) is 5.75 Å². The van der Waals surface area contributed by atoms with Crippen molar-refractivity contribution in [3.05, 3.63) is 0 Å². The van der Waals surface area contributed by atoms with E-state index in [2.05, 4.69) is 18.6 Å². The van der Waals surface area contributed by atoms with E-state index < -0.39 is 6.16 Å². The molecule has 0 unspecified atom stereocenters. The number of hydrogen-bond donors (Lipinski definition) is 2. The van der Waals surface area contributed by atoms with Crippen LogP contribution >= 0.6 is 10.8 Å². The van der Waals surface area contributed by atoms with Gasteiger partial charge in [-0.3, -0.25) is 0 Å². The molecule has 0 aliphatic heterocycles. The second-order valence-electron chi connectivity index (χ2n) is 1.81. The molecule has 0 aromatic heterocycles. The van der Waals surface area contributed by atoms with Crippen LogP contribution in [0.4, 0.5) is 4.79 Å². The van der Waals surface area contributed by atoms with Crippen molar-refractivity contribution in [3.63, 3.8) is 0 Å². The van der Waals surface area contributed by atoms with Gasteiger partial charge in [0.05, 0.1) is 0 Å². The average Bonchev–Trinajstić information content (AvgIpc) is 1.88. The van der Waals surface area contributed by atoms with E-state index in [1.54, 1.807) is 0 Å². The van der Waals surface area contributed by atoms with Gasteiger partial charge in [-0.15, -0.1) is 0 Å². The Balaban J connectivity index is -0.000000142. The first-order valence-corrected chi connectivity index (χ1v) is 5.22. The fourth-order valence-electron chi connectivity index (χ4n) is 0.411. The first kappa shape index (κ1) is 18.7. The van der Waals surface area contributed by atoms with Gasteiger partial charge in [-0.2, -0.15) is 0 Å². The Labute approximate surface area is 104 Å². The Kier molecular flexibility index (Phi) is 27.9. The van der Waals surface area contributed by atoms with Gasteiger partial charge in [-0.05, 0) is 12.2 Å². The Hall–Kier alpha value is 0.970. The summed E-state index contributed by atoms with van der Waals surface area (Å²) in [6.07, 6.45) is 2.10. The van der Waals surface area contributed by atoms with Crippen LogP contribution in [0.5, 0.6) is 0 Å². The molecular formula is C6H13NaO3S2. The van der Waals surface area contributed by atoms with Gasteiger partial charge < -0.3 is 32.7 Å². The largest absolute Gasteiger partial charge is 1.00 e. The maximum Gasteiger partial charge on any atom is 1.00 e. The molecule has 0 heterocycles. The third kappa shape index (κ3) is 44.1. The van der Waals surface area contributed by atoms with E-state index >= 15 is 0 Å². The summed E-state index contributed by atoms with van der Waals surface area (Å²) in [7, 11) is 1.52. The van der Waals surface area contributed by atoms with Gasteiger partial charge in [0.25, 0.3) is 0 Å². The first-order chi connectivity index (χ1) is 5.15. The minimum Gasteiger partial charge on any atom is -0.719 e. The summed E-state index contributed by atoms with van der Waals surface area (Å²) in [5.74, 6) is 1.16. The Bertz CT molecular complexity index is 84.9. The van der Waals surface area contributed by atoms with Crippen LogP contribution in [0.2, 0.25) is 0 Å². The smallest absolute Gasteiger partial charge is 0.719 e. The molecule has 68 valence electrons. The van der Waals surface area contributed by atoms with Gasteiger partial charge >= 0.3 is 35.7 Å². The molecular weight excluding hydrogens is 207 g/mol. The fourth-order valence-corrected chi connectivity index (χ4v) is 1.09. The average molecular weight is 220 g/mol. The quantitative estimate of drug-likeness (QED) is 0.292. The van der Waals surface area contributed by atoms with E-state index in [1.807, 2.05) is 0 Å². The Morgan fingerprint density at radius 3 is 2.08 bits per heavy atom. The molecule has 0 spiro atoms. The normalized spacial score (nSPS) is 7.50. The van der Waals surface area contributed by atoms with Crippen LogP contribution in [0, 0.1) is 0 Å². The van der Waals surface area contributed by atoms with E-state index in [4.69, 9.17) is 15.0 Å². The minimum atomic E-state index is -1.83. The van der Waals surface area contributed by atoms with Gasteiger partial charge in [-0.25, -0.2) is 4.79 Å². The predicted molar refractivity (Wildman–Crippen MR) is 50.0 cm³/mol. The molecule has 12 heavy (non-hydrogen) atoms. The molecule has 6 heteroatoms. The van der Waals surface area contributed by atoms with Crippen molar-refractivity contribution in [2.24, 2.45) is 0 Å². The number of rotatable bonds is 4. The maximum absolute atomic E-state index is 8.56. The summed E-state index contributed by atoms with van der Waals surface area (Å²) in [5, 5.41) is 13.9. The van der Waals surface area contributed by atoms with Gasteiger partial charge in [-0.1, -0.05) is 19.8 Å². The summed E-state index contributed by atoms with van der Waals surface area (Å²) >= 11 is 4.68. The van der Waals surface area contributed by atoms with Crippen molar-refractivity contribution < 1.29 is 44.6 Å². The molecule has 0 bridgehead atoms. The molecule has 0 aliphatic carbocycles. The summed E-state index contributed by atoms with van der Waals surface area (Å²) in [4.78, 5) is 8.56. The number of unbranched alkanes of at least 4 members (excludes halogenated alkanes) is 2. The zero-order chi connectivity index (χ0) is 9.11. The van der Waals surface area contributed by atoms with Crippen LogP contribution in [0.1, 0.15) is 26.2 Å². The second-order valence-corrected chi connectivity index (χ2v) is 3.16. The number of hydrogen-bond acceptors (Lipinski definition) is 3. The molecule has 0 rings (SSSR count). The van der Waals surface area contributed by atoms with E-state index in [9.17, 15) is 0 Å². The molecule has 0 aromatic carbocycles. The fraction of sp³-hybridized carbons (Fsp3) is 0.833. The summed E-state index contributed by atoms with van der Waals surface area (Å²) < 4.78 is 0. The molecule has 0 amide bonds. The van der Waals surface area contributed by atoms with Crippen molar-refractivity contribution in [1.82, 2.24) is 0 Å². The minimum absolute atomic E-state index is 0. The zero-order valence-electron chi connectivity index (χ0n) is 7.45. The van der Waals surface area contributed by atoms with Crippen molar-refractivity contribution in [2.75, 3.05) is 5.75 Å². The number of carboxylic acid groups (broad SMARTS) is 2. The monoisotopic (exact) mass is 220 g/mol. The molecule has 0 aromatic rings. The van der Waals surface area contributed by atoms with Crippen LogP contribution in [0.3, 0.4) is 0 Å². The molecule has 0 saturated carbocycles. The number of carbonyl (C=O) groups is 1. The van der Waals surface area contributed by atoms with Crippen molar-refractivity contribution in [1.29, 1.82) is 0 Å². The van der Waals surface area contributed by atoms with Crippen molar-refractivity contribution in [3.8, 4) is 0 Å². The maximum atomic E-state index is 8.56. The van der Waals surface area contributed by atoms with Gasteiger partial charge in [0.1, 0.15) is 0 Å². The van der Waals surface area contributed by atoms with Crippen LogP contribution in [-0.4, -0.2) is 22.1 Å². The van der Waals surface area contributed by atoms with E-state index in [1.165, 1.54) is 30.1 Å². The molecule has 3 nitrogen and oxygen atoms in total. The molecule has 0 atom stereocenters. The standard InChI is InChI=1S/C5H12S2.CH2O3.Na/c1-2-3-4-5-7-6;2-1(3)4;/h6H,2-5H2,1H3;(H2,2,3,4);/q;;+1/p-1. The topological polar surface area (TPSA) is 57.5 Å². The summed E-state index contributed by atoms with van der Waals surface area (Å²) in [6, 6.07) is 0. The van der Waals surface area contributed by atoms with Crippen LogP contribution in [-0.2, 0) is 11.7 Å². The molecule has 0 saturated heterocycles. The third-order valence-electron chi connectivity index (χ3n) is 0.831. The van der Waals surface area contributed by atoms with Gasteiger partial charge in [0, 0.05) is 0 Å². The van der Waals surface area contributed by atoms with Crippen molar-refractivity contribution in [2.45, 2.75) is 26.2 Å². The third-order valence-corrected chi connectivity index (χ3v) is 1.79. The molecule has 0 radical (unpaired) electrons. The van der Waals surface area contributed by atoms with Crippen LogP contribution in [0.15, 0.2) is 0 Å². The van der Waals surface area contributed by atoms with Crippen molar-refractivity contribution >= 4 is 28.6 Å². The summed E-state index contributed by atoms with van der Waals surface area (Å²) in [6.45, 7) is 2.20. The summed E-state index contributed by atoms with van der Waals surface area (Å²) in [5.41, 5.74) is 0. The Morgan fingerprint density at radius 2 is 1.83 bits per heavy atom. The predicted octanol–water partition coefficient (Wildman–Crippen LogP) is -0.402. The van der Waals surface area contributed by atoms with Crippen LogP contribution < -0.4 is 29.6 Å². The van der Waals surface area contributed by atoms with Crippen LogP contribution in [0.25, 0.3) is 0 Å². The molecule has 0 fully saturated rings. The molecule has 2 N–H and O–H groups in total. The zero-order valence-corrected chi connectivity index (χ0v) is 11.1. The Morgan fingerprint density at radius 1 is 1.42 bits per heavy atom. The second kappa shape index (κ2) is 17.9. The van der Waals surface area contributed by atoms with Gasteiger partial charge in [0.2, 0.25) is 0 Å².